The van der Waals surface area contributed by atoms with E-state index in [1.54, 1.807) is 42.7 Å². The molecule has 0 saturated heterocycles. The molecule has 2 N–H and O–H groups in total. The van der Waals surface area contributed by atoms with Gasteiger partial charge in [-0.3, -0.25) is 10.1 Å². The Morgan fingerprint density at radius 2 is 2.23 bits per heavy atom. The molecule has 0 saturated carbocycles. The zero-order valence-corrected chi connectivity index (χ0v) is 14.0. The number of anilines is 1. The Morgan fingerprint density at radius 1 is 1.41 bits per heavy atom. The van der Waals surface area contributed by atoms with Crippen molar-refractivity contribution in [2.75, 3.05) is 12.4 Å². The highest BCUT2D eigenvalue weighted by Crippen LogP contribution is 2.27. The van der Waals surface area contributed by atoms with Crippen LogP contribution in [0.5, 0.6) is 5.75 Å². The van der Waals surface area contributed by atoms with Gasteiger partial charge in [0, 0.05) is 16.6 Å². The van der Waals surface area contributed by atoms with E-state index in [1.165, 1.54) is 6.08 Å². The van der Waals surface area contributed by atoms with E-state index in [4.69, 9.17) is 28.6 Å². The van der Waals surface area contributed by atoms with Gasteiger partial charge in [-0.15, -0.1) is 11.3 Å². The third-order valence-electron chi connectivity index (χ3n) is 2.59. The maximum Gasteiger partial charge on any atom is 0.250 e. The van der Waals surface area contributed by atoms with Gasteiger partial charge in [0.25, 0.3) is 0 Å². The van der Waals surface area contributed by atoms with E-state index in [0.717, 1.165) is 4.88 Å². The molecule has 1 amide bonds. The summed E-state index contributed by atoms with van der Waals surface area (Å²) in [4.78, 5) is 12.7. The zero-order chi connectivity index (χ0) is 15.9. The van der Waals surface area contributed by atoms with Crippen LogP contribution in [0, 0.1) is 0 Å². The van der Waals surface area contributed by atoms with Crippen molar-refractivity contribution in [3.63, 3.8) is 0 Å². The molecular weight excluding hydrogens is 340 g/mol. The predicted molar refractivity (Wildman–Crippen MR) is 95.7 cm³/mol. The lowest BCUT2D eigenvalue weighted by atomic mass is 10.3. The zero-order valence-electron chi connectivity index (χ0n) is 11.6. The van der Waals surface area contributed by atoms with Crippen LogP contribution in [0.2, 0.25) is 5.02 Å². The summed E-state index contributed by atoms with van der Waals surface area (Å²) >= 11 is 12.7. The maximum absolute atomic E-state index is 11.7. The van der Waals surface area contributed by atoms with Crippen molar-refractivity contribution in [3.05, 3.63) is 51.7 Å². The Bertz CT molecular complexity index is 700. The molecule has 0 bridgehead atoms. The molecule has 22 heavy (non-hydrogen) atoms. The van der Waals surface area contributed by atoms with Gasteiger partial charge in [-0.2, -0.15) is 0 Å². The largest absolute Gasteiger partial charge is 0.495 e. The van der Waals surface area contributed by atoms with Gasteiger partial charge in [-0.1, -0.05) is 17.7 Å². The number of thiophene rings is 1. The van der Waals surface area contributed by atoms with Crippen molar-refractivity contribution < 1.29 is 9.53 Å². The minimum atomic E-state index is -0.300. The van der Waals surface area contributed by atoms with E-state index < -0.39 is 0 Å². The average Bonchev–Trinajstić information content (AvgIpc) is 2.98. The number of benzene rings is 1. The van der Waals surface area contributed by atoms with Gasteiger partial charge in [0.05, 0.1) is 12.1 Å². The molecule has 1 heterocycles. The van der Waals surface area contributed by atoms with Gasteiger partial charge in [0.1, 0.15) is 5.75 Å². The first-order chi connectivity index (χ1) is 10.6. The number of carbonyl (C=O) groups excluding carboxylic acids is 1. The lowest BCUT2D eigenvalue weighted by Crippen LogP contribution is -2.32. The van der Waals surface area contributed by atoms with Crippen LogP contribution in [0.15, 0.2) is 41.8 Å². The Labute approximate surface area is 142 Å². The number of carbonyl (C=O) groups is 1. The monoisotopic (exact) mass is 352 g/mol. The van der Waals surface area contributed by atoms with Crippen molar-refractivity contribution in [2.24, 2.45) is 0 Å². The number of hydrogen-bond donors (Lipinski definition) is 2. The Hall–Kier alpha value is -1.89. The van der Waals surface area contributed by atoms with E-state index in [0.29, 0.717) is 16.5 Å². The Kier molecular flexibility index (Phi) is 5.94. The quantitative estimate of drug-likeness (QED) is 0.646. The van der Waals surface area contributed by atoms with Crippen LogP contribution in [-0.2, 0) is 4.79 Å². The molecule has 7 heteroatoms. The molecule has 0 unspecified atom stereocenters. The van der Waals surface area contributed by atoms with E-state index in [1.807, 2.05) is 17.5 Å². The highest BCUT2D eigenvalue weighted by molar-refractivity contribution is 7.80. The first-order valence-electron chi connectivity index (χ1n) is 6.25. The minimum absolute atomic E-state index is 0.196. The molecular formula is C15H13ClN2O2S2. The van der Waals surface area contributed by atoms with Gasteiger partial charge >= 0.3 is 0 Å². The number of thiocarbonyl (C=S) groups is 1. The second kappa shape index (κ2) is 7.93. The molecule has 0 atom stereocenters. The van der Waals surface area contributed by atoms with Gasteiger partial charge < -0.3 is 10.1 Å². The third-order valence-corrected chi connectivity index (χ3v) is 3.93. The Morgan fingerprint density at radius 3 is 2.86 bits per heavy atom. The molecule has 0 aliphatic heterocycles. The number of nitrogens with one attached hydrogen (secondary N) is 2. The fraction of sp³-hybridized carbons (Fsp3) is 0.0667. The summed E-state index contributed by atoms with van der Waals surface area (Å²) < 4.78 is 5.07. The molecule has 4 nitrogen and oxygen atoms in total. The fourth-order valence-corrected chi connectivity index (χ4v) is 2.70. The van der Waals surface area contributed by atoms with Crippen molar-refractivity contribution in [2.45, 2.75) is 0 Å². The minimum Gasteiger partial charge on any atom is -0.495 e. The van der Waals surface area contributed by atoms with Crippen molar-refractivity contribution in [1.82, 2.24) is 5.32 Å². The lowest BCUT2D eigenvalue weighted by Gasteiger charge is -2.10. The van der Waals surface area contributed by atoms with Crippen LogP contribution >= 0.6 is 35.2 Å². The van der Waals surface area contributed by atoms with Crippen molar-refractivity contribution >= 4 is 57.9 Å². The summed E-state index contributed by atoms with van der Waals surface area (Å²) in [5, 5.41) is 8.05. The van der Waals surface area contributed by atoms with Crippen LogP contribution in [-0.4, -0.2) is 18.1 Å². The second-order valence-corrected chi connectivity index (χ2v) is 5.94. The molecule has 1 aromatic heterocycles. The highest BCUT2D eigenvalue weighted by Gasteiger charge is 2.05. The molecule has 1 aromatic carbocycles. The van der Waals surface area contributed by atoms with Crippen LogP contribution in [0.3, 0.4) is 0 Å². The topological polar surface area (TPSA) is 50.4 Å². The molecule has 0 spiro atoms. The van der Waals surface area contributed by atoms with Gasteiger partial charge in [-0.05, 0) is 47.9 Å². The fourth-order valence-electron chi connectivity index (χ4n) is 1.60. The smallest absolute Gasteiger partial charge is 0.250 e. The van der Waals surface area contributed by atoms with Crippen LogP contribution in [0.25, 0.3) is 6.08 Å². The standard InChI is InChI=1S/C15H13ClN2O2S2/c1-20-13-6-4-10(9-12(13)16)17-15(21)18-14(19)7-5-11-3-2-8-22-11/h2-9H,1H3,(H2,17,18,19,21)/b7-5+. The van der Waals surface area contributed by atoms with E-state index in [2.05, 4.69) is 10.6 Å². The molecule has 0 radical (unpaired) electrons. The summed E-state index contributed by atoms with van der Waals surface area (Å²) in [6.45, 7) is 0. The van der Waals surface area contributed by atoms with Crippen molar-refractivity contribution in [1.29, 1.82) is 0 Å². The summed E-state index contributed by atoms with van der Waals surface area (Å²) in [6.07, 6.45) is 3.16. The highest BCUT2D eigenvalue weighted by atomic mass is 35.5. The summed E-state index contributed by atoms with van der Waals surface area (Å²) in [5.74, 6) is 0.270. The average molecular weight is 353 g/mol. The molecule has 2 rings (SSSR count). The number of rotatable bonds is 4. The number of halogens is 1. The lowest BCUT2D eigenvalue weighted by molar-refractivity contribution is -0.115. The van der Waals surface area contributed by atoms with Gasteiger partial charge in [0.2, 0.25) is 5.91 Å². The SMILES string of the molecule is COc1ccc(NC(=S)NC(=O)/C=C/c2cccs2)cc1Cl. The van der Waals surface area contributed by atoms with E-state index in [9.17, 15) is 4.79 Å². The van der Waals surface area contributed by atoms with E-state index in [-0.39, 0.29) is 11.0 Å². The van der Waals surface area contributed by atoms with Crippen LogP contribution < -0.4 is 15.4 Å². The summed E-state index contributed by atoms with van der Waals surface area (Å²) in [7, 11) is 1.54. The first-order valence-corrected chi connectivity index (χ1v) is 7.92. The number of hydrogen-bond acceptors (Lipinski definition) is 4. The predicted octanol–water partition coefficient (Wildman–Crippen LogP) is 3.94. The Balaban J connectivity index is 1.89. The molecule has 0 aliphatic rings. The maximum atomic E-state index is 11.7. The van der Waals surface area contributed by atoms with Crippen molar-refractivity contribution in [3.8, 4) is 5.75 Å². The van der Waals surface area contributed by atoms with Gasteiger partial charge in [0.15, 0.2) is 5.11 Å². The molecule has 0 aliphatic carbocycles. The first kappa shape index (κ1) is 16.5. The third kappa shape index (κ3) is 4.84. The van der Waals surface area contributed by atoms with Gasteiger partial charge in [-0.25, -0.2) is 0 Å². The van der Waals surface area contributed by atoms with Crippen LogP contribution in [0.4, 0.5) is 5.69 Å². The molecule has 114 valence electrons. The second-order valence-electron chi connectivity index (χ2n) is 4.14. The normalized spacial score (nSPS) is 10.5. The van der Waals surface area contributed by atoms with E-state index >= 15 is 0 Å². The molecule has 2 aromatic rings. The van der Waals surface area contributed by atoms with Crippen LogP contribution in [0.1, 0.15) is 4.88 Å². The summed E-state index contributed by atoms with van der Waals surface area (Å²) in [6, 6.07) is 8.98. The number of ether oxygens (including phenoxy) is 1. The summed E-state index contributed by atoms with van der Waals surface area (Å²) in [5.41, 5.74) is 0.665. The number of amides is 1. The number of methoxy groups -OCH3 is 1. The molecule has 0 fully saturated rings.